The van der Waals surface area contributed by atoms with E-state index >= 15 is 0 Å². The number of rotatable bonds is 7. The molecule has 0 heterocycles. The van der Waals surface area contributed by atoms with E-state index in [0.29, 0.717) is 6.54 Å². The van der Waals surface area contributed by atoms with Crippen LogP contribution < -0.4 is 10.6 Å². The largest absolute Gasteiger partial charge is 0.372 e. The minimum atomic E-state index is -0.166. The van der Waals surface area contributed by atoms with Crippen molar-refractivity contribution in [1.29, 1.82) is 0 Å². The lowest BCUT2D eigenvalue weighted by molar-refractivity contribution is 0.623. The molecule has 0 aliphatic carbocycles. The Hall–Kier alpha value is -1.09. The lowest BCUT2D eigenvalue weighted by Crippen LogP contribution is -2.24. The van der Waals surface area contributed by atoms with Gasteiger partial charge in [-0.3, -0.25) is 0 Å². The third-order valence-corrected chi connectivity index (χ3v) is 2.90. The van der Waals surface area contributed by atoms with Crippen LogP contribution in [-0.2, 0) is 6.42 Å². The molecular formula is C14H23FN2. The van der Waals surface area contributed by atoms with Crippen LogP contribution in [0.4, 0.5) is 10.1 Å². The van der Waals surface area contributed by atoms with Crippen molar-refractivity contribution in [2.45, 2.75) is 33.1 Å². The highest BCUT2D eigenvalue weighted by Gasteiger charge is 2.07. The van der Waals surface area contributed by atoms with Crippen molar-refractivity contribution in [3.05, 3.63) is 29.6 Å². The topological polar surface area (TPSA) is 29.3 Å². The van der Waals surface area contributed by atoms with E-state index < -0.39 is 0 Å². The molecule has 1 aromatic rings. The van der Waals surface area contributed by atoms with Crippen LogP contribution >= 0.6 is 0 Å². The maximum Gasteiger partial charge on any atom is 0.125 e. The van der Waals surface area contributed by atoms with Gasteiger partial charge in [-0.1, -0.05) is 13.3 Å². The third-order valence-electron chi connectivity index (χ3n) is 2.90. The molecule has 0 fully saturated rings. The minimum Gasteiger partial charge on any atom is -0.372 e. The summed E-state index contributed by atoms with van der Waals surface area (Å²) in [6.45, 7) is 6.72. The SMILES string of the molecule is CCCCN(CC)c1cc(F)cc(CCN)c1. The number of benzene rings is 1. The fourth-order valence-corrected chi connectivity index (χ4v) is 1.95. The Morgan fingerprint density at radius 2 is 2.00 bits per heavy atom. The Morgan fingerprint density at radius 1 is 1.24 bits per heavy atom. The van der Waals surface area contributed by atoms with E-state index in [4.69, 9.17) is 5.73 Å². The van der Waals surface area contributed by atoms with Crippen LogP contribution in [0.15, 0.2) is 18.2 Å². The lowest BCUT2D eigenvalue weighted by atomic mass is 10.1. The van der Waals surface area contributed by atoms with E-state index in [1.165, 1.54) is 0 Å². The van der Waals surface area contributed by atoms with Crippen LogP contribution in [0.3, 0.4) is 0 Å². The van der Waals surface area contributed by atoms with Gasteiger partial charge in [0, 0.05) is 18.8 Å². The van der Waals surface area contributed by atoms with E-state index in [2.05, 4.69) is 24.8 Å². The fourth-order valence-electron chi connectivity index (χ4n) is 1.95. The molecule has 0 atom stereocenters. The molecule has 96 valence electrons. The molecule has 0 unspecified atom stereocenters. The molecular weight excluding hydrogens is 215 g/mol. The summed E-state index contributed by atoms with van der Waals surface area (Å²) in [5.74, 6) is -0.166. The van der Waals surface area contributed by atoms with Gasteiger partial charge < -0.3 is 10.6 Å². The van der Waals surface area contributed by atoms with Gasteiger partial charge >= 0.3 is 0 Å². The second-order valence-corrected chi connectivity index (χ2v) is 4.29. The van der Waals surface area contributed by atoms with Crippen molar-refractivity contribution in [1.82, 2.24) is 0 Å². The van der Waals surface area contributed by atoms with Crippen molar-refractivity contribution >= 4 is 5.69 Å². The molecule has 3 heteroatoms. The molecule has 0 spiro atoms. The average molecular weight is 238 g/mol. The zero-order valence-corrected chi connectivity index (χ0v) is 10.9. The third kappa shape index (κ3) is 4.35. The molecule has 2 N–H and O–H groups in total. The highest BCUT2D eigenvalue weighted by Crippen LogP contribution is 2.19. The predicted octanol–water partition coefficient (Wildman–Crippen LogP) is 2.95. The fraction of sp³-hybridized carbons (Fsp3) is 0.571. The molecule has 0 bridgehead atoms. The summed E-state index contributed by atoms with van der Waals surface area (Å²) >= 11 is 0. The summed E-state index contributed by atoms with van der Waals surface area (Å²) in [5.41, 5.74) is 7.47. The second-order valence-electron chi connectivity index (χ2n) is 4.29. The Labute approximate surface area is 104 Å². The summed E-state index contributed by atoms with van der Waals surface area (Å²) in [5, 5.41) is 0. The van der Waals surface area contributed by atoms with Gasteiger partial charge in [-0.25, -0.2) is 4.39 Å². The summed E-state index contributed by atoms with van der Waals surface area (Å²) in [6, 6.07) is 5.23. The van der Waals surface area contributed by atoms with E-state index in [-0.39, 0.29) is 5.82 Å². The number of hydrogen-bond donors (Lipinski definition) is 1. The van der Waals surface area contributed by atoms with Crippen molar-refractivity contribution in [3.63, 3.8) is 0 Å². The Balaban J connectivity index is 2.85. The molecule has 0 saturated carbocycles. The van der Waals surface area contributed by atoms with Crippen LogP contribution in [0.25, 0.3) is 0 Å². The van der Waals surface area contributed by atoms with Crippen molar-refractivity contribution in [3.8, 4) is 0 Å². The van der Waals surface area contributed by atoms with E-state index in [9.17, 15) is 4.39 Å². The van der Waals surface area contributed by atoms with E-state index in [0.717, 1.165) is 43.6 Å². The highest BCUT2D eigenvalue weighted by atomic mass is 19.1. The molecule has 1 rings (SSSR count). The second kappa shape index (κ2) is 7.28. The highest BCUT2D eigenvalue weighted by molar-refractivity contribution is 5.49. The molecule has 0 saturated heterocycles. The first-order valence-corrected chi connectivity index (χ1v) is 6.45. The van der Waals surface area contributed by atoms with E-state index in [1.807, 2.05) is 0 Å². The monoisotopic (exact) mass is 238 g/mol. The van der Waals surface area contributed by atoms with Gasteiger partial charge in [0.05, 0.1) is 0 Å². The molecule has 17 heavy (non-hydrogen) atoms. The predicted molar refractivity (Wildman–Crippen MR) is 72.0 cm³/mol. The average Bonchev–Trinajstić information content (AvgIpc) is 2.30. The van der Waals surface area contributed by atoms with Crippen LogP contribution in [0.1, 0.15) is 32.3 Å². The molecule has 1 aromatic carbocycles. The maximum absolute atomic E-state index is 13.5. The summed E-state index contributed by atoms with van der Waals surface area (Å²) in [6.07, 6.45) is 3.02. The minimum absolute atomic E-state index is 0.166. The van der Waals surface area contributed by atoms with Crippen molar-refractivity contribution in [2.75, 3.05) is 24.5 Å². The summed E-state index contributed by atoms with van der Waals surface area (Å²) in [7, 11) is 0. The summed E-state index contributed by atoms with van der Waals surface area (Å²) in [4.78, 5) is 2.21. The lowest BCUT2D eigenvalue weighted by Gasteiger charge is -2.23. The van der Waals surface area contributed by atoms with Gasteiger partial charge in [0.15, 0.2) is 0 Å². The zero-order chi connectivity index (χ0) is 12.7. The molecule has 0 aromatic heterocycles. The van der Waals surface area contributed by atoms with Gasteiger partial charge in [-0.05, 0) is 50.1 Å². The Kier molecular flexibility index (Phi) is 5.98. The van der Waals surface area contributed by atoms with E-state index in [1.54, 1.807) is 12.1 Å². The molecule has 0 aliphatic rings. The maximum atomic E-state index is 13.5. The van der Waals surface area contributed by atoms with Crippen molar-refractivity contribution < 1.29 is 4.39 Å². The number of unbranched alkanes of at least 4 members (excludes halogenated alkanes) is 1. The van der Waals surface area contributed by atoms with Crippen LogP contribution in [0.2, 0.25) is 0 Å². The van der Waals surface area contributed by atoms with Crippen molar-refractivity contribution in [2.24, 2.45) is 5.73 Å². The Bertz CT molecular complexity index is 339. The summed E-state index contributed by atoms with van der Waals surface area (Å²) < 4.78 is 13.5. The first-order chi connectivity index (χ1) is 8.21. The smallest absolute Gasteiger partial charge is 0.125 e. The normalized spacial score (nSPS) is 10.6. The quantitative estimate of drug-likeness (QED) is 0.791. The first-order valence-electron chi connectivity index (χ1n) is 6.45. The molecule has 2 nitrogen and oxygen atoms in total. The van der Waals surface area contributed by atoms with Gasteiger partial charge in [0.1, 0.15) is 5.82 Å². The van der Waals surface area contributed by atoms with Crippen LogP contribution in [0, 0.1) is 5.82 Å². The Morgan fingerprint density at radius 3 is 2.59 bits per heavy atom. The first kappa shape index (κ1) is 14.0. The van der Waals surface area contributed by atoms with Gasteiger partial charge in [0.2, 0.25) is 0 Å². The number of hydrogen-bond acceptors (Lipinski definition) is 2. The zero-order valence-electron chi connectivity index (χ0n) is 10.9. The molecule has 0 amide bonds. The standard InChI is InChI=1S/C14H23FN2/c1-3-5-8-17(4-2)14-10-12(6-7-16)9-13(15)11-14/h9-11H,3-8,16H2,1-2H3. The molecule has 0 radical (unpaired) electrons. The van der Waals surface area contributed by atoms with Crippen LogP contribution in [0.5, 0.6) is 0 Å². The van der Waals surface area contributed by atoms with Gasteiger partial charge in [-0.15, -0.1) is 0 Å². The number of nitrogens with zero attached hydrogens (tertiary/aromatic N) is 1. The molecule has 0 aliphatic heterocycles. The van der Waals surface area contributed by atoms with Gasteiger partial charge in [0.25, 0.3) is 0 Å². The number of anilines is 1. The van der Waals surface area contributed by atoms with Crippen LogP contribution in [-0.4, -0.2) is 19.6 Å². The van der Waals surface area contributed by atoms with Gasteiger partial charge in [-0.2, -0.15) is 0 Å². The number of nitrogens with two attached hydrogens (primary N) is 1. The number of halogens is 1.